The normalized spacial score (nSPS) is 11.4. The molecule has 1 aromatic carbocycles. The lowest BCUT2D eigenvalue weighted by Crippen LogP contribution is -2.42. The van der Waals surface area contributed by atoms with Crippen molar-refractivity contribution in [3.05, 3.63) is 47.5 Å². The fraction of sp³-hybridized carbons (Fsp3) is 0.375. The summed E-state index contributed by atoms with van der Waals surface area (Å²) in [5.74, 6) is -0.0618. The highest BCUT2D eigenvalue weighted by molar-refractivity contribution is 7.99. The number of allylic oxidation sites excluding steroid dienone is 1. The molecule has 0 radical (unpaired) electrons. The average molecular weight is 323 g/mol. The Morgan fingerprint density at radius 1 is 1.32 bits per heavy atom. The average Bonchev–Trinajstić information content (AvgIpc) is 2.48. The molecule has 22 heavy (non-hydrogen) atoms. The Balaban J connectivity index is 2.37. The monoisotopic (exact) mass is 323 g/mol. The maximum absolute atomic E-state index is 11.7. The molecule has 0 fully saturated rings. The quantitative estimate of drug-likeness (QED) is 0.568. The number of thioether (sulfide) groups is 1. The predicted octanol–water partition coefficient (Wildman–Crippen LogP) is 3.07. The van der Waals surface area contributed by atoms with Crippen LogP contribution in [0.2, 0.25) is 0 Å². The smallest absolute Gasteiger partial charge is 0.408 e. The number of nitrogens with one attached hydrogen (secondary N) is 1. The van der Waals surface area contributed by atoms with E-state index in [-0.39, 0.29) is 6.61 Å². The topological polar surface area (TPSA) is 75.6 Å². The van der Waals surface area contributed by atoms with Crippen LogP contribution in [0.25, 0.3) is 0 Å². The van der Waals surface area contributed by atoms with Gasteiger partial charge in [-0.1, -0.05) is 42.0 Å². The van der Waals surface area contributed by atoms with Crippen molar-refractivity contribution in [2.24, 2.45) is 0 Å². The van der Waals surface area contributed by atoms with Gasteiger partial charge in [-0.2, -0.15) is 11.8 Å². The number of carboxylic acid groups (broad SMARTS) is 1. The number of ether oxygens (including phenoxy) is 1. The maximum atomic E-state index is 11.7. The minimum absolute atomic E-state index is 0.115. The van der Waals surface area contributed by atoms with Gasteiger partial charge in [-0.15, -0.1) is 0 Å². The molecular formula is C16H21NO4S. The maximum Gasteiger partial charge on any atom is 0.408 e. The number of carbonyl (C=O) groups excluding carboxylic acids is 1. The van der Waals surface area contributed by atoms with Gasteiger partial charge in [0.15, 0.2) is 0 Å². The molecule has 1 atom stereocenters. The van der Waals surface area contributed by atoms with Crippen LogP contribution in [0.5, 0.6) is 0 Å². The molecule has 0 aliphatic rings. The summed E-state index contributed by atoms with van der Waals surface area (Å²) in [5, 5.41) is 11.5. The van der Waals surface area contributed by atoms with Gasteiger partial charge >= 0.3 is 12.1 Å². The number of hydrogen-bond acceptors (Lipinski definition) is 4. The van der Waals surface area contributed by atoms with E-state index in [0.29, 0.717) is 11.5 Å². The molecule has 0 aliphatic heterocycles. The summed E-state index contributed by atoms with van der Waals surface area (Å²) in [6.45, 7) is 4.08. The zero-order valence-corrected chi connectivity index (χ0v) is 13.6. The summed E-state index contributed by atoms with van der Waals surface area (Å²) in [6.07, 6.45) is 1.29. The van der Waals surface area contributed by atoms with Crippen molar-refractivity contribution < 1.29 is 19.4 Å². The van der Waals surface area contributed by atoms with Crippen molar-refractivity contribution in [1.82, 2.24) is 5.32 Å². The Morgan fingerprint density at radius 2 is 2.00 bits per heavy atom. The molecular weight excluding hydrogens is 302 g/mol. The van der Waals surface area contributed by atoms with E-state index in [1.807, 2.05) is 50.3 Å². The Bertz CT molecular complexity index is 512. The lowest BCUT2D eigenvalue weighted by molar-refractivity contribution is -0.138. The number of carbonyl (C=O) groups is 2. The largest absolute Gasteiger partial charge is 0.480 e. The van der Waals surface area contributed by atoms with E-state index in [1.54, 1.807) is 0 Å². The molecule has 1 aromatic rings. The van der Waals surface area contributed by atoms with E-state index >= 15 is 0 Å². The molecule has 0 aromatic heterocycles. The van der Waals surface area contributed by atoms with E-state index in [1.165, 1.54) is 17.3 Å². The molecule has 5 nitrogen and oxygen atoms in total. The van der Waals surface area contributed by atoms with Gasteiger partial charge in [-0.05, 0) is 19.4 Å². The van der Waals surface area contributed by atoms with Crippen molar-refractivity contribution in [2.75, 3.05) is 11.5 Å². The minimum Gasteiger partial charge on any atom is -0.480 e. The molecule has 0 aliphatic carbocycles. The molecule has 0 bridgehead atoms. The second kappa shape index (κ2) is 9.89. The Morgan fingerprint density at radius 3 is 2.59 bits per heavy atom. The molecule has 6 heteroatoms. The third-order valence-corrected chi connectivity index (χ3v) is 3.67. The Labute approximate surface area is 134 Å². The van der Waals surface area contributed by atoms with Crippen LogP contribution >= 0.6 is 11.8 Å². The van der Waals surface area contributed by atoms with Crippen LogP contribution in [0.4, 0.5) is 4.79 Å². The molecule has 2 N–H and O–H groups in total. The standard InChI is InChI=1S/C16H21NO4S/c1-12(2)8-9-22-11-14(15(18)19)17-16(20)21-10-13-6-4-3-5-7-13/h3-8,14H,9-11H2,1-2H3,(H,17,20)(H,18,19). The second-order valence-electron chi connectivity index (χ2n) is 4.92. The Hall–Kier alpha value is -1.95. The molecule has 1 rings (SSSR count). The summed E-state index contributed by atoms with van der Waals surface area (Å²) in [7, 11) is 0. The van der Waals surface area contributed by atoms with Gasteiger partial charge in [0.05, 0.1) is 0 Å². The van der Waals surface area contributed by atoms with Crippen LogP contribution in [0.3, 0.4) is 0 Å². The SMILES string of the molecule is CC(C)=CCSCC(NC(=O)OCc1ccccc1)C(=O)O. The fourth-order valence-electron chi connectivity index (χ4n) is 1.49. The van der Waals surface area contributed by atoms with Crippen LogP contribution in [-0.2, 0) is 16.1 Å². The van der Waals surface area contributed by atoms with E-state index in [0.717, 1.165) is 5.56 Å². The molecule has 0 heterocycles. The van der Waals surface area contributed by atoms with Gasteiger partial charge in [0, 0.05) is 11.5 Å². The molecule has 120 valence electrons. The van der Waals surface area contributed by atoms with Crippen LogP contribution in [0.15, 0.2) is 42.0 Å². The van der Waals surface area contributed by atoms with Crippen molar-refractivity contribution >= 4 is 23.8 Å². The first-order valence-electron chi connectivity index (χ1n) is 6.90. The van der Waals surface area contributed by atoms with E-state index in [4.69, 9.17) is 9.84 Å². The molecule has 1 unspecified atom stereocenters. The third kappa shape index (κ3) is 7.73. The summed E-state index contributed by atoms with van der Waals surface area (Å²) in [6, 6.07) is 8.26. The van der Waals surface area contributed by atoms with Gasteiger partial charge < -0.3 is 15.2 Å². The summed E-state index contributed by atoms with van der Waals surface area (Å²) >= 11 is 1.45. The van der Waals surface area contributed by atoms with Crippen molar-refractivity contribution in [3.8, 4) is 0 Å². The van der Waals surface area contributed by atoms with Crippen molar-refractivity contribution in [1.29, 1.82) is 0 Å². The van der Waals surface area contributed by atoms with Gasteiger partial charge in [0.2, 0.25) is 0 Å². The van der Waals surface area contributed by atoms with Crippen LogP contribution < -0.4 is 5.32 Å². The first-order valence-corrected chi connectivity index (χ1v) is 8.05. The third-order valence-electron chi connectivity index (χ3n) is 2.70. The number of carboxylic acids is 1. The molecule has 0 saturated carbocycles. The number of amides is 1. The zero-order valence-electron chi connectivity index (χ0n) is 12.7. The number of aliphatic carboxylic acids is 1. The fourth-order valence-corrected chi connectivity index (χ4v) is 2.54. The summed E-state index contributed by atoms with van der Waals surface area (Å²) in [4.78, 5) is 22.8. The molecule has 1 amide bonds. The van der Waals surface area contributed by atoms with Gasteiger partial charge in [-0.3, -0.25) is 0 Å². The summed E-state index contributed by atoms with van der Waals surface area (Å²) < 4.78 is 5.02. The van der Waals surface area contributed by atoms with Gasteiger partial charge in [0.25, 0.3) is 0 Å². The molecule has 0 spiro atoms. The van der Waals surface area contributed by atoms with Crippen LogP contribution in [0, 0.1) is 0 Å². The highest BCUT2D eigenvalue weighted by atomic mass is 32.2. The zero-order chi connectivity index (χ0) is 16.4. The minimum atomic E-state index is -1.07. The number of benzene rings is 1. The first kappa shape index (κ1) is 18.1. The number of alkyl carbamates (subject to hydrolysis) is 1. The number of rotatable bonds is 8. The first-order chi connectivity index (χ1) is 10.5. The van der Waals surface area contributed by atoms with Crippen molar-refractivity contribution in [2.45, 2.75) is 26.5 Å². The highest BCUT2D eigenvalue weighted by Gasteiger charge is 2.20. The highest BCUT2D eigenvalue weighted by Crippen LogP contribution is 2.06. The molecule has 0 saturated heterocycles. The predicted molar refractivity (Wildman–Crippen MR) is 87.9 cm³/mol. The van der Waals surface area contributed by atoms with Crippen LogP contribution in [0.1, 0.15) is 19.4 Å². The Kier molecular flexibility index (Phi) is 8.14. The van der Waals surface area contributed by atoms with Gasteiger partial charge in [0.1, 0.15) is 12.6 Å². The summed E-state index contributed by atoms with van der Waals surface area (Å²) in [5.41, 5.74) is 2.03. The van der Waals surface area contributed by atoms with Crippen molar-refractivity contribution in [3.63, 3.8) is 0 Å². The number of hydrogen-bond donors (Lipinski definition) is 2. The lowest BCUT2D eigenvalue weighted by atomic mass is 10.2. The lowest BCUT2D eigenvalue weighted by Gasteiger charge is -2.14. The van der Waals surface area contributed by atoms with Gasteiger partial charge in [-0.25, -0.2) is 9.59 Å². The second-order valence-corrected chi connectivity index (χ2v) is 5.99. The van der Waals surface area contributed by atoms with E-state index in [2.05, 4.69) is 5.32 Å². The van der Waals surface area contributed by atoms with E-state index < -0.39 is 18.1 Å². The van der Waals surface area contributed by atoms with E-state index in [9.17, 15) is 9.59 Å². The van der Waals surface area contributed by atoms with Crippen LogP contribution in [-0.4, -0.2) is 34.7 Å².